The maximum Gasteiger partial charge on any atom is 0.115 e. The van der Waals surface area contributed by atoms with Gasteiger partial charge in [0, 0.05) is 17.8 Å². The number of aromatic nitrogens is 1. The Balaban J connectivity index is 2.26. The van der Waals surface area contributed by atoms with Crippen molar-refractivity contribution in [2.24, 2.45) is 0 Å². The predicted octanol–water partition coefficient (Wildman–Crippen LogP) is 2.87. The van der Waals surface area contributed by atoms with Gasteiger partial charge in [0.15, 0.2) is 0 Å². The second-order valence-corrected chi connectivity index (χ2v) is 4.99. The smallest absolute Gasteiger partial charge is 0.115 e. The second kappa shape index (κ2) is 6.34. The van der Waals surface area contributed by atoms with Gasteiger partial charge in [-0.15, -0.1) is 0 Å². The molecule has 0 aliphatic rings. The van der Waals surface area contributed by atoms with Crippen LogP contribution in [0.3, 0.4) is 0 Å². The number of rotatable bonds is 5. The van der Waals surface area contributed by atoms with Gasteiger partial charge in [0.05, 0.1) is 0 Å². The zero-order valence-electron chi connectivity index (χ0n) is 11.5. The van der Waals surface area contributed by atoms with E-state index in [4.69, 9.17) is 0 Å². The molecular weight excluding hydrogens is 236 g/mol. The number of hydrogen-bond donors (Lipinski definition) is 1. The maximum absolute atomic E-state index is 9.40. The third kappa shape index (κ3) is 3.80. The van der Waals surface area contributed by atoms with E-state index in [2.05, 4.69) is 30.0 Å². The highest BCUT2D eigenvalue weighted by Gasteiger charge is 2.15. The number of phenols is 1. The van der Waals surface area contributed by atoms with Gasteiger partial charge in [-0.3, -0.25) is 4.98 Å². The first kappa shape index (κ1) is 13.6. The fourth-order valence-corrected chi connectivity index (χ4v) is 2.16. The molecule has 3 nitrogen and oxygen atoms in total. The Morgan fingerprint density at radius 2 is 1.84 bits per heavy atom. The molecule has 1 aromatic heterocycles. The van der Waals surface area contributed by atoms with Crippen LogP contribution in [0.5, 0.6) is 5.75 Å². The van der Waals surface area contributed by atoms with Crippen molar-refractivity contribution in [3.8, 4) is 5.75 Å². The molecule has 2 aromatic rings. The van der Waals surface area contributed by atoms with Gasteiger partial charge in [0.2, 0.25) is 0 Å². The molecule has 0 aliphatic heterocycles. The minimum atomic E-state index is 0.268. The van der Waals surface area contributed by atoms with E-state index in [1.165, 1.54) is 5.56 Å². The summed E-state index contributed by atoms with van der Waals surface area (Å²) in [6, 6.07) is 13.4. The van der Waals surface area contributed by atoms with Crippen LogP contribution in [0.25, 0.3) is 0 Å². The first-order chi connectivity index (χ1) is 9.16. The van der Waals surface area contributed by atoms with Crippen molar-refractivity contribution in [2.75, 3.05) is 20.6 Å². The molecule has 1 unspecified atom stereocenters. The lowest BCUT2D eigenvalue weighted by Crippen LogP contribution is -2.17. The highest BCUT2D eigenvalue weighted by molar-refractivity contribution is 5.33. The van der Waals surface area contributed by atoms with Crippen LogP contribution in [0.2, 0.25) is 0 Å². The van der Waals surface area contributed by atoms with E-state index in [0.717, 1.165) is 18.7 Å². The van der Waals surface area contributed by atoms with Crippen LogP contribution < -0.4 is 0 Å². The van der Waals surface area contributed by atoms with E-state index in [-0.39, 0.29) is 5.92 Å². The summed E-state index contributed by atoms with van der Waals surface area (Å²) >= 11 is 0. The third-order valence-corrected chi connectivity index (χ3v) is 3.21. The summed E-state index contributed by atoms with van der Waals surface area (Å²) in [6.07, 6.45) is 2.84. The summed E-state index contributed by atoms with van der Waals surface area (Å²) < 4.78 is 0. The summed E-state index contributed by atoms with van der Waals surface area (Å²) in [5.41, 5.74) is 2.27. The molecule has 1 aromatic carbocycles. The second-order valence-electron chi connectivity index (χ2n) is 4.99. The summed E-state index contributed by atoms with van der Waals surface area (Å²) in [6.45, 7) is 1.00. The number of nitrogens with zero attached hydrogens (tertiary/aromatic N) is 2. The number of aromatic hydroxyl groups is 1. The molecule has 0 radical (unpaired) electrons. The lowest BCUT2D eigenvalue weighted by atomic mass is 9.92. The number of phenolic OH excluding ortho intramolecular Hbond substituents is 1. The molecule has 0 fully saturated rings. The molecule has 0 amide bonds. The first-order valence-corrected chi connectivity index (χ1v) is 6.51. The number of benzene rings is 1. The fraction of sp³-hybridized carbons (Fsp3) is 0.312. The minimum absolute atomic E-state index is 0.268. The molecule has 1 heterocycles. The van der Waals surface area contributed by atoms with Crippen LogP contribution in [0, 0.1) is 0 Å². The molecular formula is C16H20N2O. The molecule has 0 saturated heterocycles. The highest BCUT2D eigenvalue weighted by atomic mass is 16.3. The van der Waals surface area contributed by atoms with E-state index in [1.54, 1.807) is 12.1 Å². The van der Waals surface area contributed by atoms with Crippen LogP contribution in [0.4, 0.5) is 0 Å². The van der Waals surface area contributed by atoms with Gasteiger partial charge < -0.3 is 10.0 Å². The van der Waals surface area contributed by atoms with Crippen molar-refractivity contribution in [2.45, 2.75) is 12.3 Å². The molecule has 3 heteroatoms. The fourth-order valence-electron chi connectivity index (χ4n) is 2.16. The van der Waals surface area contributed by atoms with Crippen LogP contribution >= 0.6 is 0 Å². The van der Waals surface area contributed by atoms with Crippen molar-refractivity contribution in [3.63, 3.8) is 0 Å². The van der Waals surface area contributed by atoms with Crippen LogP contribution in [0.15, 0.2) is 48.7 Å². The van der Waals surface area contributed by atoms with E-state index in [0.29, 0.717) is 5.75 Å². The largest absolute Gasteiger partial charge is 0.508 e. The van der Waals surface area contributed by atoms with E-state index >= 15 is 0 Å². The Bertz CT molecular complexity index is 494. The minimum Gasteiger partial charge on any atom is -0.508 e. The summed E-state index contributed by atoms with van der Waals surface area (Å²) in [5, 5.41) is 9.40. The number of hydrogen-bond acceptors (Lipinski definition) is 3. The first-order valence-electron chi connectivity index (χ1n) is 6.51. The van der Waals surface area contributed by atoms with Crippen molar-refractivity contribution in [1.82, 2.24) is 9.88 Å². The molecule has 1 N–H and O–H groups in total. The molecule has 0 saturated carbocycles. The summed E-state index contributed by atoms with van der Waals surface area (Å²) in [5.74, 6) is 0.570. The predicted molar refractivity (Wildman–Crippen MR) is 77.4 cm³/mol. The lowest BCUT2D eigenvalue weighted by molar-refractivity contribution is 0.389. The van der Waals surface area contributed by atoms with Crippen LogP contribution in [-0.2, 0) is 0 Å². The van der Waals surface area contributed by atoms with Crippen molar-refractivity contribution in [3.05, 3.63) is 59.9 Å². The van der Waals surface area contributed by atoms with Gasteiger partial charge in [0.25, 0.3) is 0 Å². The lowest BCUT2D eigenvalue weighted by Gasteiger charge is -2.19. The van der Waals surface area contributed by atoms with Gasteiger partial charge >= 0.3 is 0 Å². The summed E-state index contributed by atoms with van der Waals surface area (Å²) in [7, 11) is 4.15. The average molecular weight is 256 g/mol. The Kier molecular flexibility index (Phi) is 4.53. The van der Waals surface area contributed by atoms with Gasteiger partial charge in [-0.25, -0.2) is 0 Å². The third-order valence-electron chi connectivity index (χ3n) is 3.21. The molecule has 19 heavy (non-hydrogen) atoms. The standard InChI is InChI=1S/C16H20N2O/c1-18(2)12-10-15(16-5-3-4-11-17-16)13-6-8-14(19)9-7-13/h3-9,11,15,19H,10,12H2,1-2H3. The number of pyridine rings is 1. The Morgan fingerprint density at radius 1 is 1.11 bits per heavy atom. The Morgan fingerprint density at radius 3 is 2.42 bits per heavy atom. The average Bonchev–Trinajstić information content (AvgIpc) is 2.42. The Hall–Kier alpha value is -1.87. The van der Waals surface area contributed by atoms with E-state index in [1.807, 2.05) is 30.5 Å². The van der Waals surface area contributed by atoms with Crippen molar-refractivity contribution in [1.29, 1.82) is 0 Å². The zero-order chi connectivity index (χ0) is 13.7. The SMILES string of the molecule is CN(C)CCC(c1ccc(O)cc1)c1ccccn1. The summed E-state index contributed by atoms with van der Waals surface area (Å²) in [4.78, 5) is 6.65. The topological polar surface area (TPSA) is 36.4 Å². The molecule has 0 aliphatic carbocycles. The van der Waals surface area contributed by atoms with Gasteiger partial charge in [-0.1, -0.05) is 18.2 Å². The van der Waals surface area contributed by atoms with E-state index in [9.17, 15) is 5.11 Å². The molecule has 0 bridgehead atoms. The monoisotopic (exact) mass is 256 g/mol. The Labute approximate surface area is 114 Å². The van der Waals surface area contributed by atoms with Crippen molar-refractivity contribution >= 4 is 0 Å². The van der Waals surface area contributed by atoms with E-state index < -0.39 is 0 Å². The van der Waals surface area contributed by atoms with Crippen LogP contribution in [-0.4, -0.2) is 35.6 Å². The molecule has 1 atom stereocenters. The van der Waals surface area contributed by atoms with Crippen LogP contribution in [0.1, 0.15) is 23.6 Å². The highest BCUT2D eigenvalue weighted by Crippen LogP contribution is 2.27. The maximum atomic E-state index is 9.40. The van der Waals surface area contributed by atoms with Gasteiger partial charge in [0.1, 0.15) is 5.75 Å². The normalized spacial score (nSPS) is 12.6. The van der Waals surface area contributed by atoms with Gasteiger partial charge in [-0.2, -0.15) is 0 Å². The zero-order valence-corrected chi connectivity index (χ0v) is 11.5. The molecule has 2 rings (SSSR count). The quantitative estimate of drug-likeness (QED) is 0.893. The van der Waals surface area contributed by atoms with Crippen molar-refractivity contribution < 1.29 is 5.11 Å². The molecule has 100 valence electrons. The molecule has 0 spiro atoms. The van der Waals surface area contributed by atoms with Gasteiger partial charge in [-0.05, 0) is 56.9 Å².